The molecule has 29 heavy (non-hydrogen) atoms. The van der Waals surface area contributed by atoms with Gasteiger partial charge in [-0.15, -0.1) is 0 Å². The van der Waals surface area contributed by atoms with E-state index in [9.17, 15) is 13.2 Å². The Hall–Kier alpha value is -2.48. The van der Waals surface area contributed by atoms with E-state index in [-0.39, 0.29) is 5.91 Å². The van der Waals surface area contributed by atoms with Crippen LogP contribution in [0.3, 0.4) is 0 Å². The number of amides is 1. The fraction of sp³-hybridized carbons (Fsp3) is 0.238. The van der Waals surface area contributed by atoms with Crippen LogP contribution in [-0.2, 0) is 10.0 Å². The van der Waals surface area contributed by atoms with Crippen LogP contribution in [0, 0.1) is 0 Å². The third-order valence-electron chi connectivity index (χ3n) is 5.09. The summed E-state index contributed by atoms with van der Waals surface area (Å²) in [6.45, 7) is 1.27. The number of aromatic nitrogens is 1. The molecule has 0 bridgehead atoms. The van der Waals surface area contributed by atoms with Gasteiger partial charge < -0.3 is 4.90 Å². The van der Waals surface area contributed by atoms with Gasteiger partial charge in [0, 0.05) is 37.1 Å². The molecule has 4 rings (SSSR count). The zero-order chi connectivity index (χ0) is 20.6. The molecule has 8 heteroatoms. The topological polar surface area (TPSA) is 70.6 Å². The quantitative estimate of drug-likeness (QED) is 0.640. The van der Waals surface area contributed by atoms with Gasteiger partial charge in [0.15, 0.2) is 0 Å². The van der Waals surface area contributed by atoms with Gasteiger partial charge in [0.05, 0.1) is 28.1 Å². The summed E-state index contributed by atoms with van der Waals surface area (Å²) < 4.78 is 24.9. The summed E-state index contributed by atoms with van der Waals surface area (Å²) in [5, 5.41) is 1.17. The maximum Gasteiger partial charge on any atom is 0.254 e. The van der Waals surface area contributed by atoms with Gasteiger partial charge in [-0.1, -0.05) is 54.1 Å². The summed E-state index contributed by atoms with van der Waals surface area (Å²) in [4.78, 5) is 19.7. The van der Waals surface area contributed by atoms with Crippen LogP contribution in [0.2, 0.25) is 5.02 Å². The van der Waals surface area contributed by atoms with E-state index in [1.54, 1.807) is 23.1 Å². The summed E-state index contributed by atoms with van der Waals surface area (Å²) in [5.41, 5.74) is 2.66. The first kappa shape index (κ1) is 19.8. The molecule has 1 amide bonds. The molecule has 1 saturated heterocycles. The number of para-hydroxylation sites is 1. The smallest absolute Gasteiger partial charge is 0.254 e. The van der Waals surface area contributed by atoms with Crippen molar-refractivity contribution >= 4 is 38.4 Å². The van der Waals surface area contributed by atoms with Gasteiger partial charge in [0.25, 0.3) is 5.91 Å². The van der Waals surface area contributed by atoms with E-state index in [0.717, 1.165) is 5.56 Å². The molecule has 1 aliphatic rings. The number of carbonyl (C=O) groups is 1. The summed E-state index contributed by atoms with van der Waals surface area (Å²) in [6, 6.07) is 16.8. The fourth-order valence-corrected chi connectivity index (χ4v) is 4.58. The normalized spacial score (nSPS) is 15.6. The Kier molecular flexibility index (Phi) is 5.29. The van der Waals surface area contributed by atoms with Crippen LogP contribution in [0.25, 0.3) is 22.2 Å². The highest BCUT2D eigenvalue weighted by Crippen LogP contribution is 2.30. The van der Waals surface area contributed by atoms with Gasteiger partial charge in [-0.25, -0.2) is 13.4 Å². The lowest BCUT2D eigenvalue weighted by Gasteiger charge is -2.33. The molecule has 0 aliphatic carbocycles. The first-order valence-corrected chi connectivity index (χ1v) is 11.5. The third-order valence-corrected chi connectivity index (χ3v) is 6.69. The highest BCUT2D eigenvalue weighted by Gasteiger charge is 2.28. The minimum Gasteiger partial charge on any atom is -0.336 e. The first-order valence-electron chi connectivity index (χ1n) is 9.24. The number of sulfonamides is 1. The molecule has 150 valence electrons. The Bertz CT molecular complexity index is 1170. The molecule has 0 spiro atoms. The maximum atomic E-state index is 13.4. The van der Waals surface area contributed by atoms with E-state index in [0.29, 0.717) is 53.4 Å². The van der Waals surface area contributed by atoms with Crippen molar-refractivity contribution in [1.29, 1.82) is 0 Å². The van der Waals surface area contributed by atoms with Gasteiger partial charge >= 0.3 is 0 Å². The van der Waals surface area contributed by atoms with E-state index >= 15 is 0 Å². The number of nitrogens with zero attached hydrogens (tertiary/aromatic N) is 3. The molecule has 1 fully saturated rings. The van der Waals surface area contributed by atoms with E-state index in [1.165, 1.54) is 10.6 Å². The van der Waals surface area contributed by atoms with Gasteiger partial charge in [-0.3, -0.25) is 4.79 Å². The fourth-order valence-electron chi connectivity index (χ4n) is 3.54. The Morgan fingerprint density at radius 3 is 2.34 bits per heavy atom. The zero-order valence-corrected chi connectivity index (χ0v) is 17.4. The summed E-state index contributed by atoms with van der Waals surface area (Å²) in [6.07, 6.45) is 1.19. The lowest BCUT2D eigenvalue weighted by Crippen LogP contribution is -2.50. The number of hydrogen-bond acceptors (Lipinski definition) is 4. The molecule has 0 saturated carbocycles. The lowest BCUT2D eigenvalue weighted by molar-refractivity contribution is 0.0700. The summed E-state index contributed by atoms with van der Waals surface area (Å²) in [5.74, 6) is -0.148. The second-order valence-corrected chi connectivity index (χ2v) is 9.40. The largest absolute Gasteiger partial charge is 0.336 e. The van der Waals surface area contributed by atoms with Crippen molar-refractivity contribution in [3.63, 3.8) is 0 Å². The number of fused-ring (bicyclic) bond motifs is 1. The van der Waals surface area contributed by atoms with Crippen LogP contribution < -0.4 is 0 Å². The van der Waals surface area contributed by atoms with Crippen molar-refractivity contribution < 1.29 is 13.2 Å². The van der Waals surface area contributed by atoms with Crippen LogP contribution in [0.4, 0.5) is 0 Å². The van der Waals surface area contributed by atoms with E-state index < -0.39 is 10.0 Å². The minimum absolute atomic E-state index is 0.148. The number of piperazine rings is 1. The zero-order valence-electron chi connectivity index (χ0n) is 15.9. The van der Waals surface area contributed by atoms with Gasteiger partial charge in [-0.2, -0.15) is 4.31 Å². The molecule has 0 atom stereocenters. The van der Waals surface area contributed by atoms with Crippen LogP contribution in [0.5, 0.6) is 0 Å². The van der Waals surface area contributed by atoms with Crippen LogP contribution in [-0.4, -0.2) is 60.9 Å². The van der Waals surface area contributed by atoms with Gasteiger partial charge in [0.1, 0.15) is 0 Å². The van der Waals surface area contributed by atoms with E-state index in [4.69, 9.17) is 11.6 Å². The summed E-state index contributed by atoms with van der Waals surface area (Å²) in [7, 11) is -3.25. The molecular weight excluding hydrogens is 410 g/mol. The van der Waals surface area contributed by atoms with Crippen molar-refractivity contribution in [3.8, 4) is 11.3 Å². The molecule has 6 nitrogen and oxygen atoms in total. The third kappa shape index (κ3) is 3.99. The van der Waals surface area contributed by atoms with Gasteiger partial charge in [0.2, 0.25) is 10.0 Å². The molecule has 1 aliphatic heterocycles. The number of pyridine rings is 1. The predicted octanol–water partition coefficient (Wildman–Crippen LogP) is 3.27. The highest BCUT2D eigenvalue weighted by molar-refractivity contribution is 7.88. The van der Waals surface area contributed by atoms with E-state index in [1.807, 2.05) is 36.4 Å². The van der Waals surface area contributed by atoms with Crippen molar-refractivity contribution in [2.24, 2.45) is 0 Å². The van der Waals surface area contributed by atoms with Crippen LogP contribution in [0.1, 0.15) is 10.4 Å². The maximum absolute atomic E-state index is 13.4. The van der Waals surface area contributed by atoms with Crippen molar-refractivity contribution in [3.05, 3.63) is 65.2 Å². The van der Waals surface area contributed by atoms with Crippen molar-refractivity contribution in [2.45, 2.75) is 0 Å². The lowest BCUT2D eigenvalue weighted by atomic mass is 10.0. The minimum atomic E-state index is -3.25. The SMILES string of the molecule is CS(=O)(=O)N1CCN(C(=O)c2cc(-c3ccccc3)nc3c(Cl)cccc23)CC1. The highest BCUT2D eigenvalue weighted by atomic mass is 35.5. The second-order valence-electron chi connectivity index (χ2n) is 7.01. The van der Waals surface area contributed by atoms with Crippen LogP contribution in [0.15, 0.2) is 54.6 Å². The number of benzene rings is 2. The Balaban J connectivity index is 1.75. The van der Waals surface area contributed by atoms with Crippen LogP contribution >= 0.6 is 11.6 Å². The predicted molar refractivity (Wildman–Crippen MR) is 115 cm³/mol. The van der Waals surface area contributed by atoms with Crippen molar-refractivity contribution in [2.75, 3.05) is 32.4 Å². The second kappa shape index (κ2) is 7.74. The molecule has 1 aromatic heterocycles. The molecule has 3 aromatic rings. The molecule has 0 radical (unpaired) electrons. The Labute approximate surface area is 174 Å². The molecule has 2 aromatic carbocycles. The number of hydrogen-bond donors (Lipinski definition) is 0. The molecule has 0 unspecified atom stereocenters. The average Bonchev–Trinajstić information content (AvgIpc) is 2.73. The molecule has 2 heterocycles. The number of rotatable bonds is 3. The molecule has 0 N–H and O–H groups in total. The Morgan fingerprint density at radius 2 is 1.69 bits per heavy atom. The first-order chi connectivity index (χ1) is 13.8. The monoisotopic (exact) mass is 429 g/mol. The standard InChI is InChI=1S/C21H20ClN3O3S/c1-29(27,28)25-12-10-24(11-13-25)21(26)17-14-19(15-6-3-2-4-7-15)23-20-16(17)8-5-9-18(20)22/h2-9,14H,10-13H2,1H3. The van der Waals surface area contributed by atoms with Crippen molar-refractivity contribution in [1.82, 2.24) is 14.2 Å². The molecular formula is C21H20ClN3O3S. The number of carbonyl (C=O) groups excluding carboxylic acids is 1. The number of halogens is 1. The average molecular weight is 430 g/mol. The van der Waals surface area contributed by atoms with Gasteiger partial charge in [-0.05, 0) is 12.1 Å². The summed E-state index contributed by atoms with van der Waals surface area (Å²) >= 11 is 6.39. The Morgan fingerprint density at radius 1 is 1.00 bits per heavy atom. The van der Waals surface area contributed by atoms with E-state index in [2.05, 4.69) is 4.98 Å².